The summed E-state index contributed by atoms with van der Waals surface area (Å²) in [4.78, 5) is 0. The number of benzene rings is 1. The van der Waals surface area contributed by atoms with Gasteiger partial charge in [0.15, 0.2) is 0 Å². The highest BCUT2D eigenvalue weighted by molar-refractivity contribution is 5.32. The number of aliphatic hydroxyl groups is 2. The molecule has 0 unspecified atom stereocenters. The van der Waals surface area contributed by atoms with Gasteiger partial charge in [-0.25, -0.2) is 0 Å². The molecule has 0 aromatic heterocycles. The molecule has 0 amide bonds. The van der Waals surface area contributed by atoms with Crippen molar-refractivity contribution in [2.45, 2.75) is 45.3 Å². The lowest BCUT2D eigenvalue weighted by molar-refractivity contribution is 0.0678. The molecule has 0 fully saturated rings. The monoisotopic (exact) mass is 208 g/mol. The van der Waals surface area contributed by atoms with Crippen LogP contribution in [0, 0.1) is 0 Å². The fourth-order valence-electron chi connectivity index (χ4n) is 1.74. The highest BCUT2D eigenvalue weighted by Crippen LogP contribution is 2.26. The van der Waals surface area contributed by atoms with Gasteiger partial charge in [-0.1, -0.05) is 24.3 Å². The van der Waals surface area contributed by atoms with E-state index in [-0.39, 0.29) is 0 Å². The van der Waals surface area contributed by atoms with Crippen LogP contribution in [0.2, 0.25) is 0 Å². The summed E-state index contributed by atoms with van der Waals surface area (Å²) < 4.78 is 0. The van der Waals surface area contributed by atoms with Crippen molar-refractivity contribution in [1.29, 1.82) is 0 Å². The van der Waals surface area contributed by atoms with E-state index in [1.165, 1.54) is 0 Å². The number of hydrogen-bond acceptors (Lipinski definition) is 2. The summed E-state index contributed by atoms with van der Waals surface area (Å²) in [6, 6.07) is 7.68. The van der Waals surface area contributed by atoms with Crippen LogP contribution in [0.1, 0.15) is 38.8 Å². The predicted molar refractivity (Wildman–Crippen MR) is 61.7 cm³/mol. The molecule has 0 aliphatic rings. The molecule has 1 aromatic carbocycles. The van der Waals surface area contributed by atoms with Crippen molar-refractivity contribution in [2.24, 2.45) is 0 Å². The van der Waals surface area contributed by atoms with Gasteiger partial charge < -0.3 is 10.2 Å². The van der Waals surface area contributed by atoms with Crippen LogP contribution < -0.4 is 0 Å². The molecule has 0 bridgehead atoms. The summed E-state index contributed by atoms with van der Waals surface area (Å²) in [6.45, 7) is 7.06. The quantitative estimate of drug-likeness (QED) is 0.799. The van der Waals surface area contributed by atoms with Gasteiger partial charge in [0.25, 0.3) is 0 Å². The average Bonchev–Trinajstić information content (AvgIpc) is 1.99. The molecule has 2 heteroatoms. The molecule has 0 radical (unpaired) electrons. The third-order valence-electron chi connectivity index (χ3n) is 2.30. The topological polar surface area (TPSA) is 40.5 Å². The maximum atomic E-state index is 9.99. The summed E-state index contributed by atoms with van der Waals surface area (Å²) in [5, 5.41) is 19.8. The van der Waals surface area contributed by atoms with Gasteiger partial charge >= 0.3 is 0 Å². The van der Waals surface area contributed by atoms with Crippen LogP contribution in [0.3, 0.4) is 0 Å². The van der Waals surface area contributed by atoms with E-state index in [1.807, 2.05) is 24.3 Å². The van der Waals surface area contributed by atoms with Gasteiger partial charge in [-0.3, -0.25) is 0 Å². The molecule has 2 nitrogen and oxygen atoms in total. The van der Waals surface area contributed by atoms with E-state index in [4.69, 9.17) is 0 Å². The van der Waals surface area contributed by atoms with E-state index in [0.717, 1.165) is 11.1 Å². The first-order valence-corrected chi connectivity index (χ1v) is 5.23. The van der Waals surface area contributed by atoms with Crippen LogP contribution >= 0.6 is 0 Å². The first kappa shape index (κ1) is 12.2. The van der Waals surface area contributed by atoms with E-state index < -0.39 is 11.2 Å². The lowest BCUT2D eigenvalue weighted by Gasteiger charge is -2.25. The molecule has 0 heterocycles. The lowest BCUT2D eigenvalue weighted by Crippen LogP contribution is -2.25. The second-order valence-electron chi connectivity index (χ2n) is 5.21. The molecular weight excluding hydrogens is 188 g/mol. The molecule has 1 aromatic rings. The molecule has 0 aliphatic carbocycles. The molecule has 1 rings (SSSR count). The van der Waals surface area contributed by atoms with Crippen molar-refractivity contribution in [3.63, 3.8) is 0 Å². The zero-order valence-corrected chi connectivity index (χ0v) is 9.91. The lowest BCUT2D eigenvalue weighted by atomic mass is 9.88. The zero-order chi connectivity index (χ0) is 11.7. The van der Waals surface area contributed by atoms with Gasteiger partial charge in [0.05, 0.1) is 11.2 Å². The Morgan fingerprint density at radius 1 is 1.00 bits per heavy atom. The second-order valence-corrected chi connectivity index (χ2v) is 5.21. The molecular formula is C13H20O2. The van der Waals surface area contributed by atoms with Crippen LogP contribution in [0.25, 0.3) is 0 Å². The number of hydrogen-bond donors (Lipinski definition) is 2. The average molecular weight is 208 g/mol. The highest BCUT2D eigenvalue weighted by atomic mass is 16.3. The summed E-state index contributed by atoms with van der Waals surface area (Å²) in [6.07, 6.45) is 0.549. The van der Waals surface area contributed by atoms with E-state index >= 15 is 0 Å². The second kappa shape index (κ2) is 3.95. The molecule has 0 atom stereocenters. The first-order chi connectivity index (χ1) is 6.70. The summed E-state index contributed by atoms with van der Waals surface area (Å²) in [5.74, 6) is 0. The van der Waals surface area contributed by atoms with E-state index in [1.54, 1.807) is 27.7 Å². The molecule has 0 aliphatic heterocycles. The largest absolute Gasteiger partial charge is 0.390 e. The van der Waals surface area contributed by atoms with Gasteiger partial charge in [0, 0.05) is 6.42 Å². The van der Waals surface area contributed by atoms with Crippen molar-refractivity contribution < 1.29 is 10.2 Å². The fourth-order valence-corrected chi connectivity index (χ4v) is 1.74. The Labute approximate surface area is 91.6 Å². The Bertz CT molecular complexity index is 329. The van der Waals surface area contributed by atoms with Crippen LogP contribution in [0.5, 0.6) is 0 Å². The minimum absolute atomic E-state index is 0.549. The molecule has 15 heavy (non-hydrogen) atoms. The molecule has 2 N–H and O–H groups in total. The standard InChI is InChI=1S/C13H20O2/c1-12(2,14)9-10-7-5-6-8-11(10)13(3,4)15/h5-8,14-15H,9H2,1-4H3. The van der Waals surface area contributed by atoms with Crippen LogP contribution in [0.4, 0.5) is 0 Å². The van der Waals surface area contributed by atoms with Crippen LogP contribution in [0.15, 0.2) is 24.3 Å². The Kier molecular flexibility index (Phi) is 3.22. The van der Waals surface area contributed by atoms with E-state index in [2.05, 4.69) is 0 Å². The smallest absolute Gasteiger partial charge is 0.0843 e. The third kappa shape index (κ3) is 3.65. The summed E-state index contributed by atoms with van der Waals surface area (Å²) >= 11 is 0. The Morgan fingerprint density at radius 2 is 1.53 bits per heavy atom. The van der Waals surface area contributed by atoms with Gasteiger partial charge in [-0.15, -0.1) is 0 Å². The SMILES string of the molecule is CC(C)(O)Cc1ccccc1C(C)(C)O. The Morgan fingerprint density at radius 3 is 2.00 bits per heavy atom. The molecule has 0 saturated carbocycles. The van der Waals surface area contributed by atoms with Gasteiger partial charge in [0.1, 0.15) is 0 Å². The van der Waals surface area contributed by atoms with E-state index in [9.17, 15) is 10.2 Å². The molecule has 0 spiro atoms. The minimum Gasteiger partial charge on any atom is -0.390 e. The molecule has 0 saturated heterocycles. The zero-order valence-electron chi connectivity index (χ0n) is 9.91. The molecule has 84 valence electrons. The summed E-state index contributed by atoms with van der Waals surface area (Å²) in [7, 11) is 0. The van der Waals surface area contributed by atoms with Crippen molar-refractivity contribution in [3.8, 4) is 0 Å². The Balaban J connectivity index is 3.08. The fraction of sp³-hybridized carbons (Fsp3) is 0.538. The number of rotatable bonds is 3. The van der Waals surface area contributed by atoms with Crippen molar-refractivity contribution in [1.82, 2.24) is 0 Å². The van der Waals surface area contributed by atoms with Crippen LogP contribution in [-0.4, -0.2) is 15.8 Å². The van der Waals surface area contributed by atoms with Crippen molar-refractivity contribution >= 4 is 0 Å². The van der Waals surface area contributed by atoms with E-state index in [0.29, 0.717) is 6.42 Å². The maximum absolute atomic E-state index is 9.99. The highest BCUT2D eigenvalue weighted by Gasteiger charge is 2.22. The van der Waals surface area contributed by atoms with Gasteiger partial charge in [-0.05, 0) is 38.8 Å². The van der Waals surface area contributed by atoms with Crippen molar-refractivity contribution in [3.05, 3.63) is 35.4 Å². The summed E-state index contributed by atoms with van der Waals surface area (Å²) in [5.41, 5.74) is 0.271. The van der Waals surface area contributed by atoms with Gasteiger partial charge in [-0.2, -0.15) is 0 Å². The van der Waals surface area contributed by atoms with Gasteiger partial charge in [0.2, 0.25) is 0 Å². The third-order valence-corrected chi connectivity index (χ3v) is 2.30. The predicted octanol–water partition coefficient (Wildman–Crippen LogP) is 2.23. The van der Waals surface area contributed by atoms with Crippen LogP contribution in [-0.2, 0) is 12.0 Å². The first-order valence-electron chi connectivity index (χ1n) is 5.23. The van der Waals surface area contributed by atoms with Crippen molar-refractivity contribution in [2.75, 3.05) is 0 Å². The minimum atomic E-state index is -0.859. The maximum Gasteiger partial charge on any atom is 0.0843 e. The Hall–Kier alpha value is -0.860. The normalized spacial score (nSPS) is 12.9.